The number of aromatic nitrogens is 2. The van der Waals surface area contributed by atoms with Gasteiger partial charge >= 0.3 is 0 Å². The van der Waals surface area contributed by atoms with Gasteiger partial charge in [-0.25, -0.2) is 8.78 Å². The minimum Gasteiger partial charge on any atom is -0.361 e. The van der Waals surface area contributed by atoms with Crippen molar-refractivity contribution in [2.45, 2.75) is 13.0 Å². The second-order valence-corrected chi connectivity index (χ2v) is 6.58. The molecule has 0 radical (unpaired) electrons. The first kappa shape index (κ1) is 18.6. The third-order valence-corrected chi connectivity index (χ3v) is 4.22. The van der Waals surface area contributed by atoms with E-state index in [1.807, 2.05) is 26.4 Å². The smallest absolute Gasteiger partial charge is 0.125 e. The fraction of sp³-hybridized carbons (Fsp3) is 0.190. The van der Waals surface area contributed by atoms with Gasteiger partial charge in [-0.15, -0.1) is 0 Å². The Morgan fingerprint density at radius 2 is 1.41 bits per heavy atom. The highest BCUT2D eigenvalue weighted by Crippen LogP contribution is 2.20. The molecule has 0 bridgehead atoms. The molecule has 0 fully saturated rings. The number of H-pyrrole nitrogens is 2. The van der Waals surface area contributed by atoms with E-state index in [2.05, 4.69) is 20.9 Å². The summed E-state index contributed by atoms with van der Waals surface area (Å²) in [6, 6.07) is 11.4. The lowest BCUT2D eigenvalue weighted by Gasteiger charge is -2.07. The summed E-state index contributed by atoms with van der Waals surface area (Å²) in [7, 11) is 4.03. The zero-order valence-electron chi connectivity index (χ0n) is 15.2. The van der Waals surface area contributed by atoms with Gasteiger partial charge in [0.25, 0.3) is 0 Å². The summed E-state index contributed by atoms with van der Waals surface area (Å²) < 4.78 is 25.6. The van der Waals surface area contributed by atoms with Gasteiger partial charge in [0.1, 0.15) is 11.6 Å². The summed E-state index contributed by atoms with van der Waals surface area (Å²) in [5, 5.41) is 10.5. The molecule has 0 saturated heterocycles. The Hall–Kier alpha value is -3.17. The monoisotopic (exact) mass is 366 g/mol. The highest BCUT2D eigenvalue weighted by atomic mass is 19.1. The quantitative estimate of drug-likeness (QED) is 0.550. The standard InChI is InChI=1S/C11H13FN2.C10H7FN2/c1-14(2)7-8-6-13-11-5-9(12)3-4-10(8)11;11-8-1-2-9-7(3-4-12)6-13-10(9)5-8/h3-6,13H,7H2,1-2H3;1-2,5-6,13H,3H2. The van der Waals surface area contributed by atoms with E-state index in [9.17, 15) is 8.78 Å². The maximum atomic E-state index is 12.9. The van der Waals surface area contributed by atoms with Crippen molar-refractivity contribution < 1.29 is 8.78 Å². The van der Waals surface area contributed by atoms with Crippen molar-refractivity contribution >= 4 is 21.8 Å². The van der Waals surface area contributed by atoms with E-state index in [-0.39, 0.29) is 11.6 Å². The molecule has 6 heteroatoms. The van der Waals surface area contributed by atoms with Gasteiger partial charge in [-0.3, -0.25) is 0 Å². The topological polar surface area (TPSA) is 58.6 Å². The SMILES string of the molecule is CN(C)Cc1c[nH]c2cc(F)ccc12.N#CCc1c[nH]c2cc(F)ccc12. The van der Waals surface area contributed by atoms with E-state index in [1.54, 1.807) is 12.3 Å². The van der Waals surface area contributed by atoms with Crippen LogP contribution in [0.15, 0.2) is 48.8 Å². The Morgan fingerprint density at radius 3 is 1.93 bits per heavy atom. The predicted molar refractivity (Wildman–Crippen MR) is 103 cm³/mol. The average molecular weight is 366 g/mol. The molecule has 2 aromatic heterocycles. The summed E-state index contributed by atoms with van der Waals surface area (Å²) in [5.41, 5.74) is 3.72. The highest BCUT2D eigenvalue weighted by Gasteiger charge is 2.05. The van der Waals surface area contributed by atoms with Gasteiger partial charge in [-0.05, 0) is 61.6 Å². The van der Waals surface area contributed by atoms with Crippen molar-refractivity contribution in [1.82, 2.24) is 14.9 Å². The number of nitrogens with zero attached hydrogens (tertiary/aromatic N) is 2. The normalized spacial score (nSPS) is 10.8. The van der Waals surface area contributed by atoms with Crippen molar-refractivity contribution in [2.24, 2.45) is 0 Å². The van der Waals surface area contributed by atoms with Crippen molar-refractivity contribution in [1.29, 1.82) is 5.26 Å². The molecule has 27 heavy (non-hydrogen) atoms. The second kappa shape index (κ2) is 8.02. The molecular formula is C21H20F2N4. The Balaban J connectivity index is 0.000000156. The Kier molecular flexibility index (Phi) is 5.53. The maximum absolute atomic E-state index is 12.9. The predicted octanol–water partition coefficient (Wildman–Crippen LogP) is 4.74. The molecule has 4 rings (SSSR count). The van der Waals surface area contributed by atoms with Crippen LogP contribution in [0.25, 0.3) is 21.8 Å². The first-order valence-electron chi connectivity index (χ1n) is 8.50. The maximum Gasteiger partial charge on any atom is 0.125 e. The minimum atomic E-state index is -0.266. The molecule has 0 spiro atoms. The Bertz CT molecular complexity index is 1100. The van der Waals surface area contributed by atoms with E-state index in [0.717, 1.165) is 33.9 Å². The summed E-state index contributed by atoms with van der Waals surface area (Å²) in [4.78, 5) is 8.08. The highest BCUT2D eigenvalue weighted by molar-refractivity contribution is 5.84. The van der Waals surface area contributed by atoms with Gasteiger partial charge in [-0.1, -0.05) is 0 Å². The van der Waals surface area contributed by atoms with Crippen LogP contribution in [0.2, 0.25) is 0 Å². The molecule has 0 saturated carbocycles. The van der Waals surface area contributed by atoms with E-state index in [4.69, 9.17) is 5.26 Å². The number of aromatic amines is 2. The lowest BCUT2D eigenvalue weighted by atomic mass is 10.1. The van der Waals surface area contributed by atoms with Crippen LogP contribution in [0.3, 0.4) is 0 Å². The first-order chi connectivity index (χ1) is 13.0. The molecule has 0 atom stereocenters. The van der Waals surface area contributed by atoms with Crippen molar-refractivity contribution in [3.05, 3.63) is 71.6 Å². The lowest BCUT2D eigenvalue weighted by Crippen LogP contribution is -2.09. The molecule has 2 heterocycles. The van der Waals surface area contributed by atoms with Crippen LogP contribution < -0.4 is 0 Å². The number of hydrogen-bond acceptors (Lipinski definition) is 2. The third-order valence-electron chi connectivity index (χ3n) is 4.22. The van der Waals surface area contributed by atoms with Crippen LogP contribution in [0, 0.1) is 23.0 Å². The number of halogens is 2. The number of hydrogen-bond donors (Lipinski definition) is 2. The molecule has 2 N–H and O–H groups in total. The summed E-state index contributed by atoms with van der Waals surface area (Å²) >= 11 is 0. The van der Waals surface area contributed by atoms with Gasteiger partial charge in [0.2, 0.25) is 0 Å². The molecule has 0 aliphatic rings. The molecule has 4 aromatic rings. The van der Waals surface area contributed by atoms with Gasteiger partial charge in [0.15, 0.2) is 0 Å². The fourth-order valence-electron chi connectivity index (χ4n) is 3.02. The van der Waals surface area contributed by atoms with Crippen molar-refractivity contribution in [3.8, 4) is 6.07 Å². The molecule has 0 aliphatic heterocycles. The van der Waals surface area contributed by atoms with Gasteiger partial charge < -0.3 is 14.9 Å². The minimum absolute atomic E-state index is 0.198. The van der Waals surface area contributed by atoms with Crippen LogP contribution in [-0.2, 0) is 13.0 Å². The number of nitrogens with one attached hydrogen (secondary N) is 2. The van der Waals surface area contributed by atoms with Crippen molar-refractivity contribution in [3.63, 3.8) is 0 Å². The number of fused-ring (bicyclic) bond motifs is 2. The molecule has 2 aromatic carbocycles. The molecular weight excluding hydrogens is 346 g/mol. The summed E-state index contributed by atoms with van der Waals surface area (Å²) in [5.74, 6) is -0.464. The Morgan fingerprint density at radius 1 is 0.889 bits per heavy atom. The van der Waals surface area contributed by atoms with Gasteiger partial charge in [0, 0.05) is 40.7 Å². The number of nitriles is 1. The molecule has 0 unspecified atom stereocenters. The summed E-state index contributed by atoms with van der Waals surface area (Å²) in [6.45, 7) is 0.867. The van der Waals surface area contributed by atoms with E-state index >= 15 is 0 Å². The van der Waals surface area contributed by atoms with E-state index in [0.29, 0.717) is 6.42 Å². The van der Waals surface area contributed by atoms with Gasteiger partial charge in [0.05, 0.1) is 12.5 Å². The van der Waals surface area contributed by atoms with Gasteiger partial charge in [-0.2, -0.15) is 5.26 Å². The first-order valence-corrected chi connectivity index (χ1v) is 8.50. The molecule has 0 amide bonds. The largest absolute Gasteiger partial charge is 0.361 e. The third kappa shape index (κ3) is 4.33. The average Bonchev–Trinajstić information content (AvgIpc) is 3.19. The zero-order chi connectivity index (χ0) is 19.4. The Labute approximate surface area is 156 Å². The summed E-state index contributed by atoms with van der Waals surface area (Å²) in [6.07, 6.45) is 4.03. The lowest BCUT2D eigenvalue weighted by molar-refractivity contribution is 0.404. The molecule has 138 valence electrons. The van der Waals surface area contributed by atoms with Crippen molar-refractivity contribution in [2.75, 3.05) is 14.1 Å². The van der Waals surface area contributed by atoms with Crippen LogP contribution in [0.4, 0.5) is 8.78 Å². The fourth-order valence-corrected chi connectivity index (χ4v) is 3.02. The molecule has 4 nitrogen and oxygen atoms in total. The van der Waals surface area contributed by atoms with E-state index < -0.39 is 0 Å². The van der Waals surface area contributed by atoms with Crippen LogP contribution in [-0.4, -0.2) is 29.0 Å². The zero-order valence-corrected chi connectivity index (χ0v) is 15.2. The number of rotatable bonds is 3. The second-order valence-electron chi connectivity index (χ2n) is 6.58. The van der Waals surface area contributed by atoms with Crippen LogP contribution >= 0.6 is 0 Å². The van der Waals surface area contributed by atoms with Crippen LogP contribution in [0.5, 0.6) is 0 Å². The number of benzene rings is 2. The van der Waals surface area contributed by atoms with Crippen LogP contribution in [0.1, 0.15) is 11.1 Å². The molecule has 0 aliphatic carbocycles. The van der Waals surface area contributed by atoms with E-state index in [1.165, 1.54) is 29.8 Å².